The molecule has 0 atom stereocenters. The van der Waals surface area contributed by atoms with Gasteiger partial charge in [0.05, 0.1) is 5.56 Å². The van der Waals surface area contributed by atoms with Gasteiger partial charge in [0.2, 0.25) is 0 Å². The number of amides is 1. The third-order valence-corrected chi connectivity index (χ3v) is 2.83. The first-order chi connectivity index (χ1) is 7.91. The van der Waals surface area contributed by atoms with Crippen molar-refractivity contribution in [1.82, 2.24) is 9.88 Å². The van der Waals surface area contributed by atoms with Gasteiger partial charge in [0.1, 0.15) is 0 Å². The molecule has 1 aromatic heterocycles. The van der Waals surface area contributed by atoms with Gasteiger partial charge in [0, 0.05) is 29.5 Å². The van der Waals surface area contributed by atoms with E-state index >= 15 is 0 Å². The number of hydrogen-bond acceptors (Lipinski definition) is 2. The maximum Gasteiger partial charge on any atom is 0.255 e. The van der Waals surface area contributed by atoms with Gasteiger partial charge in [-0.25, -0.2) is 0 Å². The van der Waals surface area contributed by atoms with Crippen molar-refractivity contribution in [2.75, 3.05) is 6.54 Å². The molecule has 0 aromatic carbocycles. The van der Waals surface area contributed by atoms with Gasteiger partial charge in [0.25, 0.3) is 5.91 Å². The van der Waals surface area contributed by atoms with Gasteiger partial charge < -0.3 is 4.90 Å². The summed E-state index contributed by atoms with van der Waals surface area (Å²) in [7, 11) is 0. The van der Waals surface area contributed by atoms with Crippen molar-refractivity contribution < 1.29 is 4.79 Å². The highest BCUT2D eigenvalue weighted by Crippen LogP contribution is 2.14. The molecule has 0 spiro atoms. The van der Waals surface area contributed by atoms with E-state index < -0.39 is 0 Å². The molecule has 17 heavy (non-hydrogen) atoms. The monoisotopic (exact) mass is 298 g/mol. The largest absolute Gasteiger partial charge is 0.336 e. The fraction of sp³-hybridized carbons (Fsp3) is 0.538. The molecule has 1 heterocycles. The van der Waals surface area contributed by atoms with Crippen LogP contribution in [0.15, 0.2) is 22.9 Å². The summed E-state index contributed by atoms with van der Waals surface area (Å²) in [5, 5.41) is 0. The molecule has 1 rings (SSSR count). The SMILES string of the molecule is CC(C)CN(C(=O)c1cncc(Br)c1)C(C)C. The van der Waals surface area contributed by atoms with E-state index in [2.05, 4.69) is 34.8 Å². The van der Waals surface area contributed by atoms with E-state index in [1.807, 2.05) is 24.8 Å². The van der Waals surface area contributed by atoms with Crippen LogP contribution in [0.1, 0.15) is 38.1 Å². The average Bonchev–Trinajstić information content (AvgIpc) is 2.24. The van der Waals surface area contributed by atoms with E-state index in [4.69, 9.17) is 0 Å². The van der Waals surface area contributed by atoms with Crippen molar-refractivity contribution in [1.29, 1.82) is 0 Å². The Bertz CT molecular complexity index is 391. The molecular formula is C13H19BrN2O. The summed E-state index contributed by atoms with van der Waals surface area (Å²) in [6.07, 6.45) is 3.29. The zero-order chi connectivity index (χ0) is 13.0. The average molecular weight is 299 g/mol. The van der Waals surface area contributed by atoms with E-state index in [0.29, 0.717) is 11.5 Å². The van der Waals surface area contributed by atoms with Crippen LogP contribution in [0.25, 0.3) is 0 Å². The summed E-state index contributed by atoms with van der Waals surface area (Å²) in [5.41, 5.74) is 0.633. The molecule has 0 N–H and O–H groups in total. The minimum atomic E-state index is 0.0440. The van der Waals surface area contributed by atoms with Crippen LogP contribution < -0.4 is 0 Å². The maximum atomic E-state index is 12.3. The highest BCUT2D eigenvalue weighted by Gasteiger charge is 2.19. The van der Waals surface area contributed by atoms with Crippen LogP contribution >= 0.6 is 15.9 Å². The Balaban J connectivity index is 2.92. The van der Waals surface area contributed by atoms with Crippen LogP contribution in [0, 0.1) is 5.92 Å². The summed E-state index contributed by atoms with van der Waals surface area (Å²) in [5.74, 6) is 0.504. The fourth-order valence-electron chi connectivity index (χ4n) is 1.62. The predicted octanol–water partition coefficient (Wildman–Crippen LogP) is 3.35. The van der Waals surface area contributed by atoms with Gasteiger partial charge in [-0.15, -0.1) is 0 Å². The summed E-state index contributed by atoms with van der Waals surface area (Å²) < 4.78 is 0.830. The molecule has 94 valence electrons. The second-order valence-electron chi connectivity index (χ2n) is 4.84. The highest BCUT2D eigenvalue weighted by atomic mass is 79.9. The van der Waals surface area contributed by atoms with Gasteiger partial charge in [-0.05, 0) is 41.8 Å². The zero-order valence-corrected chi connectivity index (χ0v) is 12.4. The third-order valence-electron chi connectivity index (χ3n) is 2.40. The molecule has 1 amide bonds. The Kier molecular flexibility index (Phi) is 5.12. The zero-order valence-electron chi connectivity index (χ0n) is 10.8. The molecular weight excluding hydrogens is 280 g/mol. The van der Waals surface area contributed by atoms with Gasteiger partial charge in [-0.3, -0.25) is 9.78 Å². The summed E-state index contributed by atoms with van der Waals surface area (Å²) in [6, 6.07) is 2.01. The van der Waals surface area contributed by atoms with Crippen molar-refractivity contribution >= 4 is 21.8 Å². The second-order valence-corrected chi connectivity index (χ2v) is 5.75. The molecule has 0 aliphatic heterocycles. The van der Waals surface area contributed by atoms with Gasteiger partial charge in [-0.1, -0.05) is 13.8 Å². The first-order valence-electron chi connectivity index (χ1n) is 5.83. The van der Waals surface area contributed by atoms with Crippen LogP contribution in [0.3, 0.4) is 0 Å². The number of nitrogens with zero attached hydrogens (tertiary/aromatic N) is 2. The summed E-state index contributed by atoms with van der Waals surface area (Å²) in [4.78, 5) is 18.3. The molecule has 0 saturated heterocycles. The Morgan fingerprint density at radius 2 is 2.00 bits per heavy atom. The lowest BCUT2D eigenvalue weighted by atomic mass is 10.1. The Morgan fingerprint density at radius 1 is 1.35 bits per heavy atom. The molecule has 0 saturated carbocycles. The molecule has 0 aliphatic rings. The number of carbonyl (C=O) groups excluding carboxylic acids is 1. The molecule has 0 aliphatic carbocycles. The minimum absolute atomic E-state index is 0.0440. The molecule has 0 fully saturated rings. The Morgan fingerprint density at radius 3 is 2.47 bits per heavy atom. The number of pyridine rings is 1. The topological polar surface area (TPSA) is 33.2 Å². The molecule has 0 radical (unpaired) electrons. The number of carbonyl (C=O) groups is 1. The Labute approximate surface area is 111 Å². The Hall–Kier alpha value is -0.900. The third kappa shape index (κ3) is 4.11. The smallest absolute Gasteiger partial charge is 0.255 e. The van der Waals surface area contributed by atoms with Crippen molar-refractivity contribution in [3.8, 4) is 0 Å². The second kappa shape index (κ2) is 6.15. The molecule has 0 unspecified atom stereocenters. The van der Waals surface area contributed by atoms with Gasteiger partial charge in [0.15, 0.2) is 0 Å². The van der Waals surface area contributed by atoms with E-state index in [-0.39, 0.29) is 11.9 Å². The quantitative estimate of drug-likeness (QED) is 0.854. The van der Waals surface area contributed by atoms with Crippen LogP contribution in [-0.2, 0) is 0 Å². The summed E-state index contributed by atoms with van der Waals surface area (Å²) in [6.45, 7) is 9.06. The van der Waals surface area contributed by atoms with Crippen LogP contribution in [0.5, 0.6) is 0 Å². The molecule has 4 heteroatoms. The standard InChI is InChI=1S/C13H19BrN2O/c1-9(2)8-16(10(3)4)13(17)11-5-12(14)7-15-6-11/h5-7,9-10H,8H2,1-4H3. The summed E-state index contributed by atoms with van der Waals surface area (Å²) >= 11 is 3.33. The van der Waals surface area contributed by atoms with E-state index in [1.54, 1.807) is 12.4 Å². The maximum absolute atomic E-state index is 12.3. The van der Waals surface area contributed by atoms with Gasteiger partial charge in [-0.2, -0.15) is 0 Å². The number of hydrogen-bond donors (Lipinski definition) is 0. The van der Waals surface area contributed by atoms with Gasteiger partial charge >= 0.3 is 0 Å². The van der Waals surface area contributed by atoms with Crippen molar-refractivity contribution in [3.63, 3.8) is 0 Å². The van der Waals surface area contributed by atoms with Crippen LogP contribution in [0.4, 0.5) is 0 Å². The first-order valence-corrected chi connectivity index (χ1v) is 6.62. The lowest BCUT2D eigenvalue weighted by Gasteiger charge is -2.28. The van der Waals surface area contributed by atoms with Crippen LogP contribution in [-0.4, -0.2) is 28.4 Å². The van der Waals surface area contributed by atoms with Crippen LogP contribution in [0.2, 0.25) is 0 Å². The predicted molar refractivity (Wildman–Crippen MR) is 72.9 cm³/mol. The first kappa shape index (κ1) is 14.2. The fourth-order valence-corrected chi connectivity index (χ4v) is 1.98. The normalized spacial score (nSPS) is 11.0. The number of halogens is 1. The van der Waals surface area contributed by atoms with Crippen molar-refractivity contribution in [2.24, 2.45) is 5.92 Å². The van der Waals surface area contributed by atoms with E-state index in [0.717, 1.165) is 11.0 Å². The number of rotatable bonds is 4. The molecule has 1 aromatic rings. The molecule has 0 bridgehead atoms. The van der Waals surface area contributed by atoms with E-state index in [9.17, 15) is 4.79 Å². The lowest BCUT2D eigenvalue weighted by Crippen LogP contribution is -2.39. The minimum Gasteiger partial charge on any atom is -0.336 e. The number of aromatic nitrogens is 1. The lowest BCUT2D eigenvalue weighted by molar-refractivity contribution is 0.0681. The highest BCUT2D eigenvalue weighted by molar-refractivity contribution is 9.10. The molecule has 3 nitrogen and oxygen atoms in total. The van der Waals surface area contributed by atoms with E-state index in [1.165, 1.54) is 0 Å². The van der Waals surface area contributed by atoms with Crippen molar-refractivity contribution in [2.45, 2.75) is 33.7 Å². The van der Waals surface area contributed by atoms with Crippen molar-refractivity contribution in [3.05, 3.63) is 28.5 Å².